The fourth-order valence-corrected chi connectivity index (χ4v) is 5.99. The number of carbonyl (C=O) groups is 2. The Morgan fingerprint density at radius 3 is 2.30 bits per heavy atom. The van der Waals surface area contributed by atoms with Crippen LogP contribution in [0.5, 0.6) is 0 Å². The van der Waals surface area contributed by atoms with Crippen molar-refractivity contribution in [2.75, 3.05) is 13.2 Å². The summed E-state index contributed by atoms with van der Waals surface area (Å²) in [6.45, 7) is 11.2. The van der Waals surface area contributed by atoms with Gasteiger partial charge in [-0.05, 0) is 62.3 Å². The Labute approximate surface area is 261 Å². The zero-order valence-corrected chi connectivity index (χ0v) is 26.6. The molecule has 8 heteroatoms. The first kappa shape index (κ1) is 33.4. The summed E-state index contributed by atoms with van der Waals surface area (Å²) in [5.41, 5.74) is 1.17. The number of ether oxygens (including phenoxy) is 3. The van der Waals surface area contributed by atoms with Crippen LogP contribution in [-0.2, 0) is 38.5 Å². The van der Waals surface area contributed by atoms with E-state index in [9.17, 15) is 14.7 Å². The number of aliphatic hydroxyl groups excluding tert-OH is 1. The Hall–Kier alpha value is -3.46. The van der Waals surface area contributed by atoms with Crippen molar-refractivity contribution in [2.45, 2.75) is 90.8 Å². The fourth-order valence-electron chi connectivity index (χ4n) is 5.99. The lowest BCUT2D eigenvalue weighted by atomic mass is 9.86. The molecule has 0 spiro atoms. The highest BCUT2D eigenvalue weighted by Gasteiger charge is 2.53. The molecule has 0 unspecified atom stereocenters. The SMILES string of the molecule is CC[C@H](COCCCc1ccc([C@@H](O)[C@H](Cc2ccccc2)C(=O)N2C(=O)OC(C)(C)[C@@H]2C(C)C)o1)OCc1ccccc1. The van der Waals surface area contributed by atoms with Crippen molar-refractivity contribution in [3.8, 4) is 0 Å². The molecule has 44 heavy (non-hydrogen) atoms. The van der Waals surface area contributed by atoms with Gasteiger partial charge in [0.15, 0.2) is 0 Å². The van der Waals surface area contributed by atoms with Gasteiger partial charge >= 0.3 is 6.09 Å². The predicted molar refractivity (Wildman–Crippen MR) is 168 cm³/mol. The van der Waals surface area contributed by atoms with Gasteiger partial charge in [-0.2, -0.15) is 0 Å². The van der Waals surface area contributed by atoms with Crippen LogP contribution < -0.4 is 0 Å². The average Bonchev–Trinajstić information content (AvgIpc) is 3.58. The molecule has 4 atom stereocenters. The molecule has 3 aromatic rings. The van der Waals surface area contributed by atoms with Gasteiger partial charge in [0.05, 0.1) is 31.3 Å². The van der Waals surface area contributed by atoms with Crippen LogP contribution in [0.1, 0.15) is 76.2 Å². The van der Waals surface area contributed by atoms with Crippen molar-refractivity contribution in [3.63, 3.8) is 0 Å². The van der Waals surface area contributed by atoms with E-state index < -0.39 is 35.7 Å². The summed E-state index contributed by atoms with van der Waals surface area (Å²) in [6.07, 6.45) is 0.547. The van der Waals surface area contributed by atoms with Gasteiger partial charge in [0.2, 0.25) is 5.91 Å². The number of furan rings is 1. The number of imide groups is 1. The first-order valence-electron chi connectivity index (χ1n) is 15.7. The van der Waals surface area contributed by atoms with Crippen LogP contribution >= 0.6 is 0 Å². The quantitative estimate of drug-likeness (QED) is 0.177. The molecule has 0 saturated carbocycles. The molecule has 238 valence electrons. The molecule has 4 rings (SSSR count). The summed E-state index contributed by atoms with van der Waals surface area (Å²) in [5, 5.41) is 11.5. The topological polar surface area (TPSA) is 98.4 Å². The van der Waals surface area contributed by atoms with Gasteiger partial charge < -0.3 is 23.7 Å². The number of rotatable bonds is 16. The van der Waals surface area contributed by atoms with Crippen molar-refractivity contribution in [2.24, 2.45) is 11.8 Å². The van der Waals surface area contributed by atoms with E-state index in [1.165, 1.54) is 4.90 Å². The molecule has 1 aromatic heterocycles. The van der Waals surface area contributed by atoms with Crippen LogP contribution in [-0.4, -0.2) is 53.0 Å². The summed E-state index contributed by atoms with van der Waals surface area (Å²) in [6, 6.07) is 22.6. The van der Waals surface area contributed by atoms with E-state index in [0.29, 0.717) is 37.8 Å². The van der Waals surface area contributed by atoms with E-state index in [0.717, 1.165) is 24.0 Å². The van der Waals surface area contributed by atoms with Crippen LogP contribution in [0.15, 0.2) is 77.2 Å². The number of hydrogen-bond donors (Lipinski definition) is 1. The number of amides is 2. The largest absolute Gasteiger partial charge is 0.463 e. The molecule has 0 bridgehead atoms. The maximum absolute atomic E-state index is 14.0. The molecule has 1 fully saturated rings. The van der Waals surface area contributed by atoms with Gasteiger partial charge in [-0.15, -0.1) is 0 Å². The second-order valence-corrected chi connectivity index (χ2v) is 12.4. The van der Waals surface area contributed by atoms with Crippen molar-refractivity contribution in [3.05, 3.63) is 95.4 Å². The van der Waals surface area contributed by atoms with Crippen molar-refractivity contribution in [1.29, 1.82) is 0 Å². The van der Waals surface area contributed by atoms with Gasteiger partial charge in [0.1, 0.15) is 23.2 Å². The van der Waals surface area contributed by atoms with Gasteiger partial charge in [0, 0.05) is 13.0 Å². The first-order valence-corrected chi connectivity index (χ1v) is 15.7. The van der Waals surface area contributed by atoms with E-state index in [1.807, 2.05) is 94.4 Å². The minimum Gasteiger partial charge on any atom is -0.463 e. The summed E-state index contributed by atoms with van der Waals surface area (Å²) in [7, 11) is 0. The second kappa shape index (κ2) is 15.5. The summed E-state index contributed by atoms with van der Waals surface area (Å²) in [5.74, 6) is -0.451. The number of nitrogens with zero attached hydrogens (tertiary/aromatic N) is 1. The molecule has 0 aliphatic carbocycles. The highest BCUT2D eigenvalue weighted by atomic mass is 16.6. The summed E-state index contributed by atoms with van der Waals surface area (Å²) < 4.78 is 23.5. The molecule has 1 aliphatic rings. The molecule has 2 amide bonds. The maximum atomic E-state index is 14.0. The van der Waals surface area contributed by atoms with Gasteiger partial charge in [-0.1, -0.05) is 81.4 Å². The molecule has 2 heterocycles. The Balaban J connectivity index is 1.36. The number of hydrogen-bond acceptors (Lipinski definition) is 7. The average molecular weight is 606 g/mol. The van der Waals surface area contributed by atoms with E-state index >= 15 is 0 Å². The number of cyclic esters (lactones) is 1. The lowest BCUT2D eigenvalue weighted by Crippen LogP contribution is -2.50. The minimum atomic E-state index is -1.25. The zero-order valence-electron chi connectivity index (χ0n) is 26.6. The zero-order chi connectivity index (χ0) is 31.7. The molecule has 1 N–H and O–H groups in total. The van der Waals surface area contributed by atoms with Crippen LogP contribution in [0.4, 0.5) is 4.79 Å². The normalized spacial score (nSPS) is 18.3. The van der Waals surface area contributed by atoms with Crippen molar-refractivity contribution >= 4 is 12.0 Å². The Morgan fingerprint density at radius 2 is 1.66 bits per heavy atom. The molecule has 0 radical (unpaired) electrons. The molecular weight excluding hydrogens is 558 g/mol. The third-order valence-corrected chi connectivity index (χ3v) is 8.18. The maximum Gasteiger partial charge on any atom is 0.417 e. The number of benzene rings is 2. The fraction of sp³-hybridized carbons (Fsp3) is 0.500. The van der Waals surface area contributed by atoms with E-state index in [4.69, 9.17) is 18.6 Å². The number of carbonyl (C=O) groups excluding carboxylic acids is 2. The Bertz CT molecular complexity index is 1320. The van der Waals surface area contributed by atoms with Crippen molar-refractivity contribution < 1.29 is 33.3 Å². The second-order valence-electron chi connectivity index (χ2n) is 12.4. The van der Waals surface area contributed by atoms with Gasteiger partial charge in [0.25, 0.3) is 0 Å². The van der Waals surface area contributed by atoms with E-state index in [2.05, 4.69) is 6.92 Å². The molecule has 1 aliphatic heterocycles. The van der Waals surface area contributed by atoms with Crippen LogP contribution in [0.2, 0.25) is 0 Å². The van der Waals surface area contributed by atoms with Crippen LogP contribution in [0.3, 0.4) is 0 Å². The third kappa shape index (κ3) is 8.58. The molecule has 1 saturated heterocycles. The monoisotopic (exact) mass is 605 g/mol. The number of aryl methyl sites for hydroxylation is 1. The highest BCUT2D eigenvalue weighted by molar-refractivity contribution is 5.95. The van der Waals surface area contributed by atoms with E-state index in [-0.39, 0.29) is 18.4 Å². The molecule has 8 nitrogen and oxygen atoms in total. The molecule has 2 aromatic carbocycles. The first-order chi connectivity index (χ1) is 21.1. The number of aliphatic hydroxyl groups is 1. The Kier molecular flexibility index (Phi) is 11.8. The Morgan fingerprint density at radius 1 is 1.00 bits per heavy atom. The lowest BCUT2D eigenvalue weighted by Gasteiger charge is -2.33. The van der Waals surface area contributed by atoms with Crippen LogP contribution in [0, 0.1) is 11.8 Å². The van der Waals surface area contributed by atoms with Gasteiger partial charge in [-0.3, -0.25) is 4.79 Å². The summed E-state index contributed by atoms with van der Waals surface area (Å²) >= 11 is 0. The van der Waals surface area contributed by atoms with E-state index in [1.54, 1.807) is 6.07 Å². The van der Waals surface area contributed by atoms with Gasteiger partial charge in [-0.25, -0.2) is 9.69 Å². The molecular formula is C36H47NO7. The standard InChI is InChI=1S/C36H47NO7/c1-6-28(42-23-27-16-11-8-12-17-27)24-41-21-13-18-29-19-20-31(43-29)32(38)30(22-26-14-9-7-10-15-26)34(39)37-33(25(2)3)36(4,5)44-35(37)40/h7-12,14-17,19-20,25,28,30,32-33,38H,6,13,18,21-24H2,1-5H3/t28-,30+,32+,33+/m1/s1. The predicted octanol–water partition coefficient (Wildman–Crippen LogP) is 6.90. The third-order valence-electron chi connectivity index (χ3n) is 8.18. The van der Waals surface area contributed by atoms with Crippen LogP contribution in [0.25, 0.3) is 0 Å². The lowest BCUT2D eigenvalue weighted by molar-refractivity contribution is -0.139. The minimum absolute atomic E-state index is 0.0217. The summed E-state index contributed by atoms with van der Waals surface area (Å²) in [4.78, 5) is 28.2. The smallest absolute Gasteiger partial charge is 0.417 e. The highest BCUT2D eigenvalue weighted by Crippen LogP contribution is 2.38. The van der Waals surface area contributed by atoms with Crippen molar-refractivity contribution in [1.82, 2.24) is 4.90 Å².